The molecule has 0 aromatic carbocycles. The van der Waals surface area contributed by atoms with Gasteiger partial charge in [0.15, 0.2) is 0 Å². The molecule has 1 saturated carbocycles. The van der Waals surface area contributed by atoms with Crippen LogP contribution in [0.5, 0.6) is 0 Å². The number of amides is 3. The number of carbonyl (C=O) groups is 3. The van der Waals surface area contributed by atoms with Crippen LogP contribution in [0, 0.1) is 5.92 Å². The highest BCUT2D eigenvalue weighted by Gasteiger charge is 2.31. The van der Waals surface area contributed by atoms with Gasteiger partial charge in [0.05, 0.1) is 5.92 Å². The molecule has 0 aromatic rings. The number of hydrogen-bond acceptors (Lipinski definition) is 3. The minimum atomic E-state index is -1.00. The lowest BCUT2D eigenvalue weighted by Gasteiger charge is -2.33. The first kappa shape index (κ1) is 18.5. The van der Waals surface area contributed by atoms with Crippen LogP contribution in [0.25, 0.3) is 0 Å². The number of hydrogen-bond donors (Lipinski definition) is 3. The van der Waals surface area contributed by atoms with Crippen LogP contribution in [0.2, 0.25) is 0 Å². The molecule has 1 aliphatic heterocycles. The Morgan fingerprint density at radius 1 is 1.17 bits per heavy atom. The summed E-state index contributed by atoms with van der Waals surface area (Å²) in [5, 5.41) is 14.8. The van der Waals surface area contributed by atoms with E-state index >= 15 is 0 Å². The number of rotatable bonds is 6. The average Bonchev–Trinajstić information content (AvgIpc) is 3.07. The van der Waals surface area contributed by atoms with Crippen molar-refractivity contribution in [2.75, 3.05) is 13.1 Å². The van der Waals surface area contributed by atoms with Gasteiger partial charge in [-0.05, 0) is 32.1 Å². The van der Waals surface area contributed by atoms with Gasteiger partial charge in [-0.2, -0.15) is 0 Å². The summed E-state index contributed by atoms with van der Waals surface area (Å²) in [5.74, 6) is -1.59. The topological polar surface area (TPSA) is 98.7 Å². The Bertz CT molecular complexity index is 463. The lowest BCUT2D eigenvalue weighted by atomic mass is 9.96. The highest BCUT2D eigenvalue weighted by Crippen LogP contribution is 2.20. The highest BCUT2D eigenvalue weighted by molar-refractivity contribution is 5.85. The molecular weight excluding hydrogens is 310 g/mol. The fourth-order valence-electron chi connectivity index (χ4n) is 3.55. The standard InChI is InChI=1S/C17H29N3O4/c1-2-6-14(16(22)23)19-15(21)12-7-5-10-20(11-12)17(24)18-13-8-3-4-9-13/h12-14H,2-11H2,1H3,(H,18,24)(H,19,21)(H,22,23). The zero-order chi connectivity index (χ0) is 17.5. The third-order valence-electron chi connectivity index (χ3n) is 4.95. The molecule has 2 fully saturated rings. The predicted molar refractivity (Wildman–Crippen MR) is 89.6 cm³/mol. The molecule has 0 bridgehead atoms. The van der Waals surface area contributed by atoms with Gasteiger partial charge in [-0.1, -0.05) is 26.2 Å². The second-order valence-corrected chi connectivity index (χ2v) is 6.90. The van der Waals surface area contributed by atoms with E-state index < -0.39 is 12.0 Å². The molecule has 136 valence electrons. The van der Waals surface area contributed by atoms with Crippen LogP contribution >= 0.6 is 0 Å². The Morgan fingerprint density at radius 2 is 1.88 bits per heavy atom. The molecule has 7 nitrogen and oxygen atoms in total. The summed E-state index contributed by atoms with van der Waals surface area (Å²) in [6.07, 6.45) is 6.94. The molecule has 2 aliphatic rings. The van der Waals surface area contributed by atoms with E-state index in [-0.39, 0.29) is 23.9 Å². The van der Waals surface area contributed by atoms with E-state index in [2.05, 4.69) is 10.6 Å². The number of nitrogens with one attached hydrogen (secondary N) is 2. The first-order valence-corrected chi connectivity index (χ1v) is 9.10. The summed E-state index contributed by atoms with van der Waals surface area (Å²) in [7, 11) is 0. The van der Waals surface area contributed by atoms with E-state index in [1.807, 2.05) is 6.92 Å². The minimum Gasteiger partial charge on any atom is -0.480 e. The van der Waals surface area contributed by atoms with Crippen LogP contribution < -0.4 is 10.6 Å². The summed E-state index contributed by atoms with van der Waals surface area (Å²) in [4.78, 5) is 37.6. The minimum absolute atomic E-state index is 0.0947. The van der Waals surface area contributed by atoms with E-state index in [0.717, 1.165) is 32.1 Å². The number of carboxylic acid groups (broad SMARTS) is 1. The fraction of sp³-hybridized carbons (Fsp3) is 0.824. The van der Waals surface area contributed by atoms with E-state index in [1.54, 1.807) is 4.90 Å². The fourth-order valence-corrected chi connectivity index (χ4v) is 3.55. The molecule has 1 aliphatic carbocycles. The Balaban J connectivity index is 1.85. The van der Waals surface area contributed by atoms with Gasteiger partial charge in [0.2, 0.25) is 5.91 Å². The van der Waals surface area contributed by atoms with Crippen LogP contribution in [0.1, 0.15) is 58.3 Å². The maximum Gasteiger partial charge on any atom is 0.326 e. The molecule has 24 heavy (non-hydrogen) atoms. The second-order valence-electron chi connectivity index (χ2n) is 6.90. The Kier molecular flexibility index (Phi) is 6.87. The molecule has 2 unspecified atom stereocenters. The average molecular weight is 339 g/mol. The number of piperidine rings is 1. The molecule has 0 radical (unpaired) electrons. The zero-order valence-electron chi connectivity index (χ0n) is 14.4. The number of carboxylic acids is 1. The van der Waals surface area contributed by atoms with E-state index in [1.165, 1.54) is 0 Å². The van der Waals surface area contributed by atoms with Gasteiger partial charge in [-0.25, -0.2) is 9.59 Å². The van der Waals surface area contributed by atoms with Gasteiger partial charge in [0.1, 0.15) is 6.04 Å². The van der Waals surface area contributed by atoms with Crippen molar-refractivity contribution in [1.29, 1.82) is 0 Å². The number of carbonyl (C=O) groups excluding carboxylic acids is 2. The second kappa shape index (κ2) is 8.89. The van der Waals surface area contributed by atoms with Crippen LogP contribution in [0.3, 0.4) is 0 Å². The normalized spacial score (nSPS) is 22.9. The number of nitrogens with zero attached hydrogens (tertiary/aromatic N) is 1. The van der Waals surface area contributed by atoms with Gasteiger partial charge in [-0.15, -0.1) is 0 Å². The Hall–Kier alpha value is -1.79. The van der Waals surface area contributed by atoms with Crippen LogP contribution in [0.15, 0.2) is 0 Å². The lowest BCUT2D eigenvalue weighted by molar-refractivity contribution is -0.143. The summed E-state index contributed by atoms with van der Waals surface area (Å²) in [5.41, 5.74) is 0. The quantitative estimate of drug-likeness (QED) is 0.686. The summed E-state index contributed by atoms with van der Waals surface area (Å²) >= 11 is 0. The molecule has 2 rings (SSSR count). The first-order valence-electron chi connectivity index (χ1n) is 9.10. The van der Waals surface area contributed by atoms with Gasteiger partial charge >= 0.3 is 12.0 Å². The van der Waals surface area contributed by atoms with Crippen LogP contribution in [-0.2, 0) is 9.59 Å². The Labute approximate surface area is 143 Å². The zero-order valence-corrected chi connectivity index (χ0v) is 14.4. The molecule has 1 heterocycles. The molecule has 3 N–H and O–H groups in total. The molecule has 2 atom stereocenters. The smallest absolute Gasteiger partial charge is 0.326 e. The van der Waals surface area contributed by atoms with Crippen molar-refractivity contribution in [1.82, 2.24) is 15.5 Å². The molecule has 1 saturated heterocycles. The van der Waals surface area contributed by atoms with E-state index in [0.29, 0.717) is 32.4 Å². The third kappa shape index (κ3) is 5.11. The number of likely N-dealkylation sites (tertiary alicyclic amines) is 1. The molecule has 7 heteroatoms. The van der Waals surface area contributed by atoms with Crippen molar-refractivity contribution in [3.63, 3.8) is 0 Å². The maximum absolute atomic E-state index is 12.4. The van der Waals surface area contributed by atoms with Crippen molar-refractivity contribution < 1.29 is 19.5 Å². The Morgan fingerprint density at radius 3 is 2.50 bits per heavy atom. The van der Waals surface area contributed by atoms with E-state index in [4.69, 9.17) is 5.11 Å². The van der Waals surface area contributed by atoms with E-state index in [9.17, 15) is 14.4 Å². The van der Waals surface area contributed by atoms with Crippen LogP contribution in [0.4, 0.5) is 4.79 Å². The van der Waals surface area contributed by atoms with Crippen molar-refractivity contribution in [2.45, 2.75) is 70.4 Å². The van der Waals surface area contributed by atoms with Crippen molar-refractivity contribution >= 4 is 17.9 Å². The molecule has 0 aromatic heterocycles. The van der Waals surface area contributed by atoms with Crippen molar-refractivity contribution in [3.05, 3.63) is 0 Å². The third-order valence-corrected chi connectivity index (χ3v) is 4.95. The lowest BCUT2D eigenvalue weighted by Crippen LogP contribution is -2.52. The largest absolute Gasteiger partial charge is 0.480 e. The van der Waals surface area contributed by atoms with Gasteiger partial charge in [0.25, 0.3) is 0 Å². The number of aliphatic carboxylic acids is 1. The van der Waals surface area contributed by atoms with Crippen LogP contribution in [-0.4, -0.2) is 53.1 Å². The first-order chi connectivity index (χ1) is 11.5. The predicted octanol–water partition coefficient (Wildman–Crippen LogP) is 1.72. The summed E-state index contributed by atoms with van der Waals surface area (Å²) in [6.45, 7) is 2.90. The van der Waals surface area contributed by atoms with Crippen molar-refractivity contribution in [3.8, 4) is 0 Å². The highest BCUT2D eigenvalue weighted by atomic mass is 16.4. The summed E-state index contributed by atoms with van der Waals surface area (Å²) < 4.78 is 0. The van der Waals surface area contributed by atoms with Gasteiger partial charge in [-0.3, -0.25) is 4.79 Å². The maximum atomic E-state index is 12.4. The molecular formula is C17H29N3O4. The van der Waals surface area contributed by atoms with Gasteiger partial charge in [0, 0.05) is 19.1 Å². The molecule has 3 amide bonds. The van der Waals surface area contributed by atoms with Crippen molar-refractivity contribution in [2.24, 2.45) is 5.92 Å². The SMILES string of the molecule is CCCC(NC(=O)C1CCCN(C(=O)NC2CCCC2)C1)C(=O)O. The number of urea groups is 1. The molecule has 0 spiro atoms. The monoisotopic (exact) mass is 339 g/mol. The summed E-state index contributed by atoms with van der Waals surface area (Å²) in [6, 6.07) is -0.680. The van der Waals surface area contributed by atoms with Gasteiger partial charge < -0.3 is 20.6 Å².